The number of ether oxygens (including phenoxy) is 1. The van der Waals surface area contributed by atoms with Crippen molar-refractivity contribution in [1.82, 2.24) is 0 Å². The molecule has 0 saturated carbocycles. The van der Waals surface area contributed by atoms with E-state index in [1.807, 2.05) is 0 Å². The molecule has 0 saturated heterocycles. The van der Waals surface area contributed by atoms with Crippen molar-refractivity contribution in [2.45, 2.75) is 6.61 Å². The van der Waals surface area contributed by atoms with Gasteiger partial charge < -0.3 is 14.9 Å². The highest BCUT2D eigenvalue weighted by atomic mass is 79.9. The number of aliphatic hydroxyl groups excluding tert-OH is 1. The van der Waals surface area contributed by atoms with Gasteiger partial charge in [-0.1, -0.05) is 0 Å². The minimum absolute atomic E-state index is 0.0249. The Labute approximate surface area is 78.7 Å². The first-order valence-electron chi connectivity index (χ1n) is 3.36. The molecule has 66 valence electrons. The summed E-state index contributed by atoms with van der Waals surface area (Å²) < 4.78 is 5.41. The van der Waals surface area contributed by atoms with Gasteiger partial charge in [0.15, 0.2) is 0 Å². The third kappa shape index (κ3) is 1.54. The number of benzene rings is 1. The minimum Gasteiger partial charge on any atom is -0.506 e. The molecule has 0 radical (unpaired) electrons. The first-order valence-corrected chi connectivity index (χ1v) is 4.15. The van der Waals surface area contributed by atoms with Crippen molar-refractivity contribution in [1.29, 1.82) is 0 Å². The lowest BCUT2D eigenvalue weighted by Crippen LogP contribution is -1.89. The van der Waals surface area contributed by atoms with Crippen LogP contribution < -0.4 is 4.74 Å². The van der Waals surface area contributed by atoms with Crippen molar-refractivity contribution >= 4 is 15.9 Å². The van der Waals surface area contributed by atoms with Crippen LogP contribution >= 0.6 is 15.9 Å². The van der Waals surface area contributed by atoms with Gasteiger partial charge in [0.2, 0.25) is 0 Å². The second-order valence-corrected chi connectivity index (χ2v) is 3.04. The Kier molecular flexibility index (Phi) is 2.94. The zero-order valence-corrected chi connectivity index (χ0v) is 8.13. The molecule has 0 aliphatic heterocycles. The molecule has 0 atom stereocenters. The van der Waals surface area contributed by atoms with Gasteiger partial charge in [-0.15, -0.1) is 0 Å². The summed E-state index contributed by atoms with van der Waals surface area (Å²) in [4.78, 5) is 0. The third-order valence-corrected chi connectivity index (χ3v) is 2.32. The van der Waals surface area contributed by atoms with E-state index in [9.17, 15) is 5.11 Å². The Balaban J connectivity index is 3.20. The highest BCUT2D eigenvalue weighted by Gasteiger charge is 2.09. The monoisotopic (exact) mass is 232 g/mol. The van der Waals surface area contributed by atoms with Crippen molar-refractivity contribution in [2.75, 3.05) is 7.11 Å². The summed E-state index contributed by atoms with van der Waals surface area (Å²) in [5.41, 5.74) is 0.475. The maximum Gasteiger partial charge on any atom is 0.139 e. The molecule has 0 heterocycles. The van der Waals surface area contributed by atoms with Gasteiger partial charge in [0.05, 0.1) is 13.7 Å². The number of aromatic hydroxyl groups is 1. The van der Waals surface area contributed by atoms with E-state index in [1.165, 1.54) is 7.11 Å². The summed E-state index contributed by atoms with van der Waals surface area (Å²) in [5.74, 6) is 0.571. The Hall–Kier alpha value is -0.740. The quantitative estimate of drug-likeness (QED) is 0.816. The van der Waals surface area contributed by atoms with E-state index >= 15 is 0 Å². The lowest BCUT2D eigenvalue weighted by atomic mass is 10.2. The molecule has 0 aromatic heterocycles. The third-order valence-electron chi connectivity index (χ3n) is 1.55. The van der Waals surface area contributed by atoms with E-state index in [2.05, 4.69) is 15.9 Å². The zero-order valence-electron chi connectivity index (χ0n) is 6.54. The van der Waals surface area contributed by atoms with Gasteiger partial charge in [0.25, 0.3) is 0 Å². The number of methoxy groups -OCH3 is 1. The first kappa shape index (κ1) is 9.35. The smallest absolute Gasteiger partial charge is 0.139 e. The van der Waals surface area contributed by atoms with E-state index in [4.69, 9.17) is 9.84 Å². The predicted molar refractivity (Wildman–Crippen MR) is 48.3 cm³/mol. The van der Waals surface area contributed by atoms with Crippen LogP contribution in [0.3, 0.4) is 0 Å². The van der Waals surface area contributed by atoms with Gasteiger partial charge in [-0.05, 0) is 28.1 Å². The van der Waals surface area contributed by atoms with E-state index in [0.29, 0.717) is 15.8 Å². The lowest BCUT2D eigenvalue weighted by molar-refractivity contribution is 0.274. The SMILES string of the molecule is COc1ccc(CO)c(O)c1Br. The van der Waals surface area contributed by atoms with E-state index in [0.717, 1.165) is 0 Å². The molecule has 0 unspecified atom stereocenters. The molecule has 12 heavy (non-hydrogen) atoms. The topological polar surface area (TPSA) is 49.7 Å². The number of phenols is 1. The van der Waals surface area contributed by atoms with Gasteiger partial charge >= 0.3 is 0 Å². The normalized spacial score (nSPS) is 9.92. The molecule has 0 amide bonds. The summed E-state index contributed by atoms with van der Waals surface area (Å²) in [6.07, 6.45) is 0. The molecule has 0 aliphatic rings. The largest absolute Gasteiger partial charge is 0.506 e. The van der Waals surface area contributed by atoms with Gasteiger partial charge in [-0.2, -0.15) is 0 Å². The fourth-order valence-corrected chi connectivity index (χ4v) is 1.42. The summed E-state index contributed by atoms with van der Waals surface area (Å²) in [6.45, 7) is -0.186. The molecule has 1 aromatic carbocycles. The zero-order chi connectivity index (χ0) is 9.14. The molecule has 3 nitrogen and oxygen atoms in total. The second-order valence-electron chi connectivity index (χ2n) is 2.25. The van der Waals surface area contributed by atoms with Crippen LogP contribution in [0.4, 0.5) is 0 Å². The summed E-state index contributed by atoms with van der Waals surface area (Å²) in [6, 6.07) is 3.29. The van der Waals surface area contributed by atoms with Gasteiger partial charge in [-0.3, -0.25) is 0 Å². The van der Waals surface area contributed by atoms with Gasteiger partial charge in [0.1, 0.15) is 16.0 Å². The van der Waals surface area contributed by atoms with Crippen molar-refractivity contribution in [3.05, 3.63) is 22.2 Å². The Morgan fingerprint density at radius 3 is 2.67 bits per heavy atom. The average Bonchev–Trinajstić information content (AvgIpc) is 2.10. The maximum absolute atomic E-state index is 9.42. The molecule has 2 N–H and O–H groups in total. The molecule has 1 aromatic rings. The Bertz CT molecular complexity index is 257. The summed E-state index contributed by atoms with van der Waals surface area (Å²) in [5, 5.41) is 18.2. The van der Waals surface area contributed by atoms with Crippen LogP contribution in [-0.2, 0) is 6.61 Å². The highest BCUT2D eigenvalue weighted by Crippen LogP contribution is 2.35. The number of hydrogen-bond donors (Lipinski definition) is 2. The highest BCUT2D eigenvalue weighted by molar-refractivity contribution is 9.10. The molecule has 0 spiro atoms. The Morgan fingerprint density at radius 2 is 2.17 bits per heavy atom. The first-order chi connectivity index (χ1) is 5.70. The van der Waals surface area contributed by atoms with E-state index in [-0.39, 0.29) is 12.4 Å². The minimum atomic E-state index is -0.186. The summed E-state index contributed by atoms with van der Waals surface area (Å²) in [7, 11) is 1.51. The molecule has 0 bridgehead atoms. The van der Waals surface area contributed by atoms with Crippen LogP contribution in [-0.4, -0.2) is 17.3 Å². The van der Waals surface area contributed by atoms with Crippen molar-refractivity contribution in [3.63, 3.8) is 0 Å². The Morgan fingerprint density at radius 1 is 1.50 bits per heavy atom. The molecule has 4 heteroatoms. The number of rotatable bonds is 2. The number of hydrogen-bond acceptors (Lipinski definition) is 3. The van der Waals surface area contributed by atoms with E-state index in [1.54, 1.807) is 12.1 Å². The van der Waals surface area contributed by atoms with Gasteiger partial charge in [0, 0.05) is 5.56 Å². The average molecular weight is 233 g/mol. The standard InChI is InChI=1S/C8H9BrO3/c1-12-6-3-2-5(4-10)8(11)7(6)9/h2-3,10-11H,4H2,1H3. The van der Waals surface area contributed by atoms with Crippen molar-refractivity contribution in [2.24, 2.45) is 0 Å². The predicted octanol–water partition coefficient (Wildman–Crippen LogP) is 1.66. The second kappa shape index (κ2) is 3.78. The van der Waals surface area contributed by atoms with E-state index < -0.39 is 0 Å². The molecular formula is C8H9BrO3. The van der Waals surface area contributed by atoms with Crippen LogP contribution in [0.2, 0.25) is 0 Å². The number of halogens is 1. The lowest BCUT2D eigenvalue weighted by Gasteiger charge is -2.07. The fraction of sp³-hybridized carbons (Fsp3) is 0.250. The number of aliphatic hydroxyl groups is 1. The van der Waals surface area contributed by atoms with Crippen molar-refractivity contribution in [3.8, 4) is 11.5 Å². The molecular weight excluding hydrogens is 224 g/mol. The van der Waals surface area contributed by atoms with Crippen molar-refractivity contribution < 1.29 is 14.9 Å². The van der Waals surface area contributed by atoms with Crippen LogP contribution in [0, 0.1) is 0 Å². The van der Waals surface area contributed by atoms with Crippen LogP contribution in [0.25, 0.3) is 0 Å². The van der Waals surface area contributed by atoms with Gasteiger partial charge in [-0.25, -0.2) is 0 Å². The molecule has 1 rings (SSSR count). The van der Waals surface area contributed by atoms with Crippen LogP contribution in [0.15, 0.2) is 16.6 Å². The fourth-order valence-electron chi connectivity index (χ4n) is 0.871. The summed E-state index contributed by atoms with van der Waals surface area (Å²) >= 11 is 3.15. The van der Waals surface area contributed by atoms with Crippen LogP contribution in [0.1, 0.15) is 5.56 Å². The molecule has 0 fully saturated rings. The maximum atomic E-state index is 9.42. The molecule has 0 aliphatic carbocycles. The van der Waals surface area contributed by atoms with Crippen LogP contribution in [0.5, 0.6) is 11.5 Å².